The molecule has 2 aliphatic rings. The van der Waals surface area contributed by atoms with Crippen LogP contribution in [0.4, 0.5) is 0 Å². The van der Waals surface area contributed by atoms with Crippen molar-refractivity contribution in [2.45, 2.75) is 12.0 Å². The largest absolute Gasteiger partial charge is 0.496 e. The van der Waals surface area contributed by atoms with Crippen LogP contribution < -0.4 is 19.5 Å². The normalized spacial score (nSPS) is 24.8. The highest BCUT2D eigenvalue weighted by atomic mass is 16.5. The van der Waals surface area contributed by atoms with Gasteiger partial charge in [-0.15, -0.1) is 0 Å². The number of hydrogen-bond acceptors (Lipinski definition) is 4. The first kappa shape index (κ1) is 11.4. The van der Waals surface area contributed by atoms with Gasteiger partial charge in [0.25, 0.3) is 0 Å². The van der Waals surface area contributed by atoms with E-state index in [0.717, 1.165) is 42.3 Å². The molecule has 1 N–H and O–H groups in total. The standard InChI is InChI=1S/C14H17NO3/c1-16-10-7-12(17-2)11-3-4-14(5-6-15-9-14)18-13(11)8-10/h3-4,7-8,15H,5-6,9H2,1-2H3. The second-order valence-electron chi connectivity index (χ2n) is 4.67. The molecule has 1 aromatic carbocycles. The molecule has 1 spiro atoms. The van der Waals surface area contributed by atoms with Crippen LogP contribution in [0.15, 0.2) is 18.2 Å². The van der Waals surface area contributed by atoms with Crippen molar-refractivity contribution in [3.05, 3.63) is 23.8 Å². The Labute approximate surface area is 107 Å². The number of rotatable bonds is 2. The van der Waals surface area contributed by atoms with Crippen molar-refractivity contribution < 1.29 is 14.2 Å². The molecular formula is C14H17NO3. The zero-order valence-electron chi connectivity index (χ0n) is 10.7. The molecule has 1 atom stereocenters. The molecule has 2 heterocycles. The van der Waals surface area contributed by atoms with Crippen molar-refractivity contribution in [2.24, 2.45) is 0 Å². The Bertz CT molecular complexity index is 490. The van der Waals surface area contributed by atoms with Crippen LogP contribution in [0.1, 0.15) is 12.0 Å². The second kappa shape index (κ2) is 4.21. The molecule has 0 amide bonds. The molecule has 18 heavy (non-hydrogen) atoms. The molecule has 0 aliphatic carbocycles. The number of nitrogens with one attached hydrogen (secondary N) is 1. The lowest BCUT2D eigenvalue weighted by molar-refractivity contribution is 0.138. The van der Waals surface area contributed by atoms with Crippen LogP contribution in [0, 0.1) is 0 Å². The van der Waals surface area contributed by atoms with Gasteiger partial charge in [0.05, 0.1) is 19.8 Å². The third kappa shape index (κ3) is 1.73. The summed E-state index contributed by atoms with van der Waals surface area (Å²) in [4.78, 5) is 0. The maximum atomic E-state index is 6.16. The van der Waals surface area contributed by atoms with E-state index in [4.69, 9.17) is 14.2 Å². The van der Waals surface area contributed by atoms with E-state index in [0.29, 0.717) is 0 Å². The highest BCUT2D eigenvalue weighted by Gasteiger charge is 2.36. The van der Waals surface area contributed by atoms with Gasteiger partial charge in [-0.1, -0.05) is 0 Å². The molecule has 2 aliphatic heterocycles. The van der Waals surface area contributed by atoms with Crippen molar-refractivity contribution in [1.82, 2.24) is 5.32 Å². The van der Waals surface area contributed by atoms with E-state index in [9.17, 15) is 0 Å². The van der Waals surface area contributed by atoms with E-state index in [2.05, 4.69) is 17.5 Å². The zero-order valence-corrected chi connectivity index (χ0v) is 10.7. The van der Waals surface area contributed by atoms with Gasteiger partial charge in [0, 0.05) is 25.1 Å². The first-order valence-electron chi connectivity index (χ1n) is 6.11. The average molecular weight is 247 g/mol. The Kier molecular flexibility index (Phi) is 2.67. The molecule has 0 saturated carbocycles. The number of fused-ring (bicyclic) bond motifs is 1. The van der Waals surface area contributed by atoms with Crippen LogP contribution in [0.25, 0.3) is 6.08 Å². The zero-order chi connectivity index (χ0) is 12.6. The van der Waals surface area contributed by atoms with Crippen molar-refractivity contribution >= 4 is 6.08 Å². The third-order valence-electron chi connectivity index (χ3n) is 3.55. The quantitative estimate of drug-likeness (QED) is 0.865. The highest BCUT2D eigenvalue weighted by molar-refractivity contribution is 5.69. The van der Waals surface area contributed by atoms with E-state index < -0.39 is 0 Å². The molecule has 0 bridgehead atoms. The van der Waals surface area contributed by atoms with Gasteiger partial charge in [0.15, 0.2) is 0 Å². The van der Waals surface area contributed by atoms with Crippen molar-refractivity contribution in [3.63, 3.8) is 0 Å². The molecule has 1 fully saturated rings. The van der Waals surface area contributed by atoms with Gasteiger partial charge in [0.1, 0.15) is 22.8 Å². The van der Waals surface area contributed by atoms with Gasteiger partial charge in [-0.3, -0.25) is 0 Å². The Morgan fingerprint density at radius 2 is 2.17 bits per heavy atom. The number of hydrogen-bond donors (Lipinski definition) is 1. The second-order valence-corrected chi connectivity index (χ2v) is 4.67. The van der Waals surface area contributed by atoms with Gasteiger partial charge in [-0.2, -0.15) is 0 Å². The minimum absolute atomic E-state index is 0.204. The predicted octanol–water partition coefficient (Wildman–Crippen LogP) is 1.84. The molecular weight excluding hydrogens is 230 g/mol. The van der Waals surface area contributed by atoms with E-state index in [-0.39, 0.29) is 5.60 Å². The van der Waals surface area contributed by atoms with Gasteiger partial charge >= 0.3 is 0 Å². The molecule has 0 radical (unpaired) electrons. The number of benzene rings is 1. The molecule has 4 nitrogen and oxygen atoms in total. The Morgan fingerprint density at radius 3 is 2.83 bits per heavy atom. The maximum absolute atomic E-state index is 6.16. The Morgan fingerprint density at radius 1 is 1.28 bits per heavy atom. The van der Waals surface area contributed by atoms with Crippen LogP contribution in [-0.4, -0.2) is 32.9 Å². The Hall–Kier alpha value is -1.68. The molecule has 0 aromatic heterocycles. The summed E-state index contributed by atoms with van der Waals surface area (Å²) in [5, 5.41) is 3.33. The van der Waals surface area contributed by atoms with E-state index in [1.165, 1.54) is 0 Å². The fourth-order valence-corrected chi connectivity index (χ4v) is 2.52. The van der Waals surface area contributed by atoms with Crippen LogP contribution in [0.2, 0.25) is 0 Å². The summed E-state index contributed by atoms with van der Waals surface area (Å²) in [7, 11) is 3.30. The van der Waals surface area contributed by atoms with Gasteiger partial charge in [-0.05, 0) is 18.7 Å². The van der Waals surface area contributed by atoms with Crippen molar-refractivity contribution in [3.8, 4) is 17.2 Å². The molecule has 1 aromatic rings. The Balaban J connectivity index is 2.04. The monoisotopic (exact) mass is 247 g/mol. The summed E-state index contributed by atoms with van der Waals surface area (Å²) < 4.78 is 16.8. The van der Waals surface area contributed by atoms with E-state index >= 15 is 0 Å². The predicted molar refractivity (Wildman–Crippen MR) is 69.4 cm³/mol. The molecule has 3 rings (SSSR count). The summed E-state index contributed by atoms with van der Waals surface area (Å²) in [5.74, 6) is 2.36. The minimum Gasteiger partial charge on any atom is -0.496 e. The molecule has 4 heteroatoms. The molecule has 1 saturated heterocycles. The first-order chi connectivity index (χ1) is 8.76. The lowest BCUT2D eigenvalue weighted by atomic mass is 9.97. The third-order valence-corrected chi connectivity index (χ3v) is 3.55. The van der Waals surface area contributed by atoms with E-state index in [1.54, 1.807) is 14.2 Å². The lowest BCUT2D eigenvalue weighted by Gasteiger charge is -2.31. The van der Waals surface area contributed by atoms with Crippen molar-refractivity contribution in [1.29, 1.82) is 0 Å². The number of methoxy groups -OCH3 is 2. The van der Waals surface area contributed by atoms with Crippen LogP contribution >= 0.6 is 0 Å². The van der Waals surface area contributed by atoms with Crippen LogP contribution in [0.5, 0.6) is 17.2 Å². The number of ether oxygens (including phenoxy) is 3. The summed E-state index contributed by atoms with van der Waals surface area (Å²) in [6.07, 6.45) is 5.21. The fourth-order valence-electron chi connectivity index (χ4n) is 2.52. The highest BCUT2D eigenvalue weighted by Crippen LogP contribution is 2.41. The van der Waals surface area contributed by atoms with Crippen LogP contribution in [0.3, 0.4) is 0 Å². The maximum Gasteiger partial charge on any atom is 0.141 e. The molecule has 96 valence electrons. The summed E-state index contributed by atoms with van der Waals surface area (Å²) >= 11 is 0. The van der Waals surface area contributed by atoms with Gasteiger partial charge in [0.2, 0.25) is 0 Å². The topological polar surface area (TPSA) is 39.7 Å². The minimum atomic E-state index is -0.204. The first-order valence-corrected chi connectivity index (χ1v) is 6.11. The van der Waals surface area contributed by atoms with Gasteiger partial charge < -0.3 is 19.5 Å². The summed E-state index contributed by atoms with van der Waals surface area (Å²) in [5.41, 5.74) is 0.778. The van der Waals surface area contributed by atoms with E-state index in [1.807, 2.05) is 12.1 Å². The smallest absolute Gasteiger partial charge is 0.141 e. The fraction of sp³-hybridized carbons (Fsp3) is 0.429. The van der Waals surface area contributed by atoms with Gasteiger partial charge in [-0.25, -0.2) is 0 Å². The van der Waals surface area contributed by atoms with Crippen LogP contribution in [-0.2, 0) is 0 Å². The summed E-state index contributed by atoms with van der Waals surface area (Å²) in [6.45, 7) is 1.84. The van der Waals surface area contributed by atoms with Crippen molar-refractivity contribution in [2.75, 3.05) is 27.3 Å². The average Bonchev–Trinajstić information content (AvgIpc) is 2.85. The lowest BCUT2D eigenvalue weighted by Crippen LogP contribution is -2.37. The molecule has 1 unspecified atom stereocenters. The SMILES string of the molecule is COc1cc(OC)c2c(c1)OC1(C=C2)CCNC1. The summed E-state index contributed by atoms with van der Waals surface area (Å²) in [6, 6.07) is 3.79.